The number of hydrogen-bond donors (Lipinski definition) is 2. The Hall–Kier alpha value is -2.72. The van der Waals surface area contributed by atoms with Crippen LogP contribution < -0.4 is 5.32 Å². The largest absolute Gasteiger partial charge is 0.481 e. The molecule has 7 nitrogen and oxygen atoms in total. The SMILES string of the molecule is CCO[C@@H](c1ccc(CCC(=O)O)cc1Nc1cnc(COC)nc1)C(F)(F)F. The summed E-state index contributed by atoms with van der Waals surface area (Å²) >= 11 is 0. The van der Waals surface area contributed by atoms with Crippen LogP contribution in [-0.4, -0.2) is 40.9 Å². The summed E-state index contributed by atoms with van der Waals surface area (Å²) in [6.07, 6.45) is -3.84. The molecule has 0 aliphatic heterocycles. The number of aromatic nitrogens is 2. The summed E-state index contributed by atoms with van der Waals surface area (Å²) in [5, 5.41) is 11.7. The van der Waals surface area contributed by atoms with Crippen LogP contribution >= 0.6 is 0 Å². The van der Waals surface area contributed by atoms with Crippen LogP contribution in [0.1, 0.15) is 36.4 Å². The molecule has 0 saturated heterocycles. The molecule has 0 unspecified atom stereocenters. The number of aryl methyl sites for hydroxylation is 1. The molecule has 0 aliphatic rings. The Bertz CT molecular complexity index is 813. The summed E-state index contributed by atoms with van der Waals surface area (Å²) in [7, 11) is 1.50. The fourth-order valence-electron chi connectivity index (χ4n) is 2.65. The van der Waals surface area contributed by atoms with Crippen molar-refractivity contribution in [1.82, 2.24) is 9.97 Å². The summed E-state index contributed by atoms with van der Waals surface area (Å²) in [5.41, 5.74) is 0.984. The van der Waals surface area contributed by atoms with Crippen LogP contribution in [0.3, 0.4) is 0 Å². The van der Waals surface area contributed by atoms with Crippen molar-refractivity contribution in [1.29, 1.82) is 0 Å². The van der Waals surface area contributed by atoms with Gasteiger partial charge >= 0.3 is 12.1 Å². The summed E-state index contributed by atoms with van der Waals surface area (Å²) in [6, 6.07) is 4.26. The van der Waals surface area contributed by atoms with Gasteiger partial charge in [-0.05, 0) is 25.0 Å². The summed E-state index contributed by atoms with van der Waals surface area (Å²) in [5.74, 6) is -0.566. The van der Waals surface area contributed by atoms with Gasteiger partial charge in [0.05, 0.1) is 18.1 Å². The molecule has 10 heteroatoms. The normalized spacial score (nSPS) is 12.6. The number of anilines is 2. The van der Waals surface area contributed by atoms with Gasteiger partial charge in [0, 0.05) is 31.4 Å². The molecule has 1 atom stereocenters. The van der Waals surface area contributed by atoms with Crippen molar-refractivity contribution in [2.45, 2.75) is 38.7 Å². The second-order valence-corrected chi connectivity index (χ2v) is 6.14. The first kappa shape index (κ1) is 22.6. The lowest BCUT2D eigenvalue weighted by atomic mass is 10.0. The minimum Gasteiger partial charge on any atom is -0.481 e. The summed E-state index contributed by atoms with van der Waals surface area (Å²) in [4.78, 5) is 19.0. The zero-order valence-corrected chi connectivity index (χ0v) is 16.0. The van der Waals surface area contributed by atoms with Crippen molar-refractivity contribution in [2.75, 3.05) is 19.0 Å². The van der Waals surface area contributed by atoms with Crippen LogP contribution in [0.15, 0.2) is 30.6 Å². The van der Waals surface area contributed by atoms with Gasteiger partial charge in [0.2, 0.25) is 0 Å². The highest BCUT2D eigenvalue weighted by molar-refractivity contribution is 5.68. The number of carbonyl (C=O) groups is 1. The van der Waals surface area contributed by atoms with E-state index in [0.29, 0.717) is 17.1 Å². The number of methoxy groups -OCH3 is 1. The van der Waals surface area contributed by atoms with Crippen molar-refractivity contribution in [3.8, 4) is 0 Å². The number of ether oxygens (including phenoxy) is 2. The van der Waals surface area contributed by atoms with Gasteiger partial charge in [0.1, 0.15) is 6.61 Å². The van der Waals surface area contributed by atoms with Crippen LogP contribution in [0.2, 0.25) is 0 Å². The number of alkyl halides is 3. The predicted molar refractivity (Wildman–Crippen MR) is 98.8 cm³/mol. The quantitative estimate of drug-likeness (QED) is 0.608. The number of nitrogens with one attached hydrogen (secondary N) is 1. The molecule has 0 aliphatic carbocycles. The van der Waals surface area contributed by atoms with E-state index >= 15 is 0 Å². The van der Waals surface area contributed by atoms with E-state index in [2.05, 4.69) is 15.3 Å². The van der Waals surface area contributed by atoms with E-state index in [0.717, 1.165) is 0 Å². The molecule has 29 heavy (non-hydrogen) atoms. The van der Waals surface area contributed by atoms with Crippen molar-refractivity contribution in [3.05, 3.63) is 47.5 Å². The number of halogens is 3. The highest BCUT2D eigenvalue weighted by atomic mass is 19.4. The number of carboxylic acid groups (broad SMARTS) is 1. The standard InChI is InChI=1S/C19H22F3N3O4/c1-3-29-18(19(20,21)22)14-6-4-12(5-7-17(26)27)8-15(14)25-13-9-23-16(11-28-2)24-10-13/h4,6,8-10,18,25H,3,5,7,11H2,1-2H3,(H,26,27)/t18-/m0/s1. The molecule has 0 radical (unpaired) electrons. The Morgan fingerprint density at radius 1 is 1.28 bits per heavy atom. The predicted octanol–water partition coefficient (Wildman–Crippen LogP) is 4.02. The second kappa shape index (κ2) is 10.2. The van der Waals surface area contributed by atoms with E-state index in [4.69, 9.17) is 14.6 Å². The minimum atomic E-state index is -4.62. The fourth-order valence-corrected chi connectivity index (χ4v) is 2.65. The fraction of sp³-hybridized carbons (Fsp3) is 0.421. The molecule has 1 aromatic carbocycles. The van der Waals surface area contributed by atoms with Crippen LogP contribution in [0.5, 0.6) is 0 Å². The first-order valence-corrected chi connectivity index (χ1v) is 8.84. The zero-order valence-electron chi connectivity index (χ0n) is 16.0. The molecule has 2 N–H and O–H groups in total. The maximum absolute atomic E-state index is 13.5. The highest BCUT2D eigenvalue weighted by Crippen LogP contribution is 2.40. The van der Waals surface area contributed by atoms with E-state index in [1.807, 2.05) is 0 Å². The molecule has 1 aromatic heterocycles. The van der Waals surface area contributed by atoms with Gasteiger partial charge in [-0.25, -0.2) is 9.97 Å². The first-order valence-electron chi connectivity index (χ1n) is 8.84. The molecule has 0 saturated carbocycles. The van der Waals surface area contributed by atoms with Gasteiger partial charge in [-0.15, -0.1) is 0 Å². The molecule has 2 aromatic rings. The molecule has 0 fully saturated rings. The second-order valence-electron chi connectivity index (χ2n) is 6.14. The van der Waals surface area contributed by atoms with Crippen LogP contribution in [0.4, 0.5) is 24.5 Å². The topological polar surface area (TPSA) is 93.6 Å². The lowest BCUT2D eigenvalue weighted by molar-refractivity contribution is -0.222. The van der Waals surface area contributed by atoms with Crippen LogP contribution in [0.25, 0.3) is 0 Å². The van der Waals surface area contributed by atoms with Crippen LogP contribution in [0, 0.1) is 0 Å². The Labute approximate surface area is 165 Å². The molecule has 1 heterocycles. The number of rotatable bonds is 10. The highest BCUT2D eigenvalue weighted by Gasteiger charge is 2.42. The summed E-state index contributed by atoms with van der Waals surface area (Å²) < 4.78 is 50.5. The van der Waals surface area contributed by atoms with Gasteiger partial charge in [0.25, 0.3) is 0 Å². The Morgan fingerprint density at radius 3 is 2.52 bits per heavy atom. The zero-order chi connectivity index (χ0) is 21.4. The van der Waals surface area contributed by atoms with Gasteiger partial charge in [-0.1, -0.05) is 12.1 Å². The van der Waals surface area contributed by atoms with Crippen molar-refractivity contribution in [3.63, 3.8) is 0 Å². The van der Waals surface area contributed by atoms with E-state index in [-0.39, 0.29) is 37.3 Å². The van der Waals surface area contributed by atoms with E-state index < -0.39 is 18.2 Å². The van der Waals surface area contributed by atoms with Gasteiger partial charge in [0.15, 0.2) is 11.9 Å². The molecule has 158 valence electrons. The maximum Gasteiger partial charge on any atom is 0.418 e. The molecular formula is C19H22F3N3O4. The third-order valence-corrected chi connectivity index (χ3v) is 3.92. The van der Waals surface area contributed by atoms with E-state index in [1.54, 1.807) is 0 Å². The van der Waals surface area contributed by atoms with Crippen molar-refractivity contribution in [2.24, 2.45) is 0 Å². The molecule has 0 spiro atoms. The molecule has 0 bridgehead atoms. The number of benzene rings is 1. The average molecular weight is 413 g/mol. The van der Waals surface area contributed by atoms with E-state index in [9.17, 15) is 18.0 Å². The first-order chi connectivity index (χ1) is 13.7. The number of carboxylic acids is 1. The lowest BCUT2D eigenvalue weighted by Gasteiger charge is -2.24. The number of nitrogens with zero attached hydrogens (tertiary/aromatic N) is 2. The number of aliphatic carboxylic acids is 1. The van der Waals surface area contributed by atoms with Gasteiger partial charge in [-0.3, -0.25) is 4.79 Å². The summed E-state index contributed by atoms with van der Waals surface area (Å²) in [6.45, 7) is 1.56. The van der Waals surface area contributed by atoms with Crippen LogP contribution in [-0.2, 0) is 27.3 Å². The number of hydrogen-bond acceptors (Lipinski definition) is 6. The van der Waals surface area contributed by atoms with Crippen molar-refractivity contribution >= 4 is 17.3 Å². The Balaban J connectivity index is 2.40. The van der Waals surface area contributed by atoms with Crippen molar-refractivity contribution < 1.29 is 32.5 Å². The molecule has 0 amide bonds. The lowest BCUT2D eigenvalue weighted by Crippen LogP contribution is -2.24. The molecule has 2 rings (SSSR count). The van der Waals surface area contributed by atoms with Gasteiger partial charge in [-0.2, -0.15) is 13.2 Å². The average Bonchev–Trinajstić information content (AvgIpc) is 2.66. The smallest absolute Gasteiger partial charge is 0.418 e. The minimum absolute atomic E-state index is 0.112. The Kier molecular flexibility index (Phi) is 7.91. The molecular weight excluding hydrogens is 391 g/mol. The van der Waals surface area contributed by atoms with E-state index in [1.165, 1.54) is 44.6 Å². The third-order valence-electron chi connectivity index (χ3n) is 3.92. The third kappa shape index (κ3) is 6.68. The maximum atomic E-state index is 13.5. The van der Waals surface area contributed by atoms with Gasteiger partial charge < -0.3 is 19.9 Å². The monoisotopic (exact) mass is 413 g/mol. The Morgan fingerprint density at radius 2 is 1.97 bits per heavy atom.